The Morgan fingerprint density at radius 1 is 0.947 bits per heavy atom. The van der Waals surface area contributed by atoms with E-state index in [-0.39, 0.29) is 6.10 Å². The quantitative estimate of drug-likeness (QED) is 0.854. The van der Waals surface area contributed by atoms with E-state index in [1.165, 1.54) is 0 Å². The number of carbonyl (C=O) groups excluding carboxylic acids is 1. The van der Waals surface area contributed by atoms with Gasteiger partial charge in [-0.25, -0.2) is 4.79 Å². The highest BCUT2D eigenvalue weighted by molar-refractivity contribution is 5.77. The zero-order valence-electron chi connectivity index (χ0n) is 10.8. The summed E-state index contributed by atoms with van der Waals surface area (Å²) in [5.74, 6) is -0.414. The monoisotopic (exact) mass is 255 g/mol. The van der Waals surface area contributed by atoms with Crippen LogP contribution in [0.15, 0.2) is 60.7 Å². The minimum atomic E-state index is -0.743. The molecule has 0 bridgehead atoms. The molecule has 3 heteroatoms. The van der Waals surface area contributed by atoms with Gasteiger partial charge in [0, 0.05) is 0 Å². The van der Waals surface area contributed by atoms with Gasteiger partial charge < -0.3 is 10.5 Å². The van der Waals surface area contributed by atoms with Gasteiger partial charge in [0.25, 0.3) is 0 Å². The maximum Gasteiger partial charge on any atom is 0.328 e. The van der Waals surface area contributed by atoms with Crippen LogP contribution in [0.25, 0.3) is 0 Å². The van der Waals surface area contributed by atoms with E-state index in [1.807, 2.05) is 67.6 Å². The normalized spacial score (nSPS) is 13.6. The van der Waals surface area contributed by atoms with Gasteiger partial charge in [0.1, 0.15) is 12.1 Å². The lowest BCUT2D eigenvalue weighted by Gasteiger charge is -2.17. The highest BCUT2D eigenvalue weighted by atomic mass is 16.5. The lowest BCUT2D eigenvalue weighted by Crippen LogP contribution is -2.24. The minimum Gasteiger partial charge on any atom is -0.456 e. The van der Waals surface area contributed by atoms with Gasteiger partial charge in [-0.05, 0) is 18.1 Å². The van der Waals surface area contributed by atoms with E-state index < -0.39 is 12.0 Å². The lowest BCUT2D eigenvalue weighted by molar-refractivity contribution is -0.150. The number of rotatable bonds is 4. The predicted molar refractivity (Wildman–Crippen MR) is 74.3 cm³/mol. The molecule has 0 saturated heterocycles. The van der Waals surface area contributed by atoms with Crippen molar-refractivity contribution in [1.29, 1.82) is 0 Å². The van der Waals surface area contributed by atoms with E-state index in [4.69, 9.17) is 10.5 Å². The summed E-state index contributed by atoms with van der Waals surface area (Å²) in [6.45, 7) is 1.84. The molecular formula is C16H17NO2. The zero-order chi connectivity index (χ0) is 13.7. The number of hydrogen-bond acceptors (Lipinski definition) is 3. The first-order valence-corrected chi connectivity index (χ1v) is 6.24. The van der Waals surface area contributed by atoms with Crippen molar-refractivity contribution in [3.05, 3.63) is 71.8 Å². The number of nitrogens with two attached hydrogens (primary N) is 1. The molecule has 2 N–H and O–H groups in total. The molecule has 3 nitrogen and oxygen atoms in total. The van der Waals surface area contributed by atoms with E-state index in [0.29, 0.717) is 0 Å². The Hall–Kier alpha value is -2.13. The van der Waals surface area contributed by atoms with Crippen LogP contribution < -0.4 is 5.73 Å². The fraction of sp³-hybridized carbons (Fsp3) is 0.188. The maximum atomic E-state index is 12.0. The second kappa shape index (κ2) is 6.16. The third-order valence-electron chi connectivity index (χ3n) is 2.97. The largest absolute Gasteiger partial charge is 0.456 e. The third-order valence-corrected chi connectivity index (χ3v) is 2.97. The van der Waals surface area contributed by atoms with Crippen LogP contribution in [-0.2, 0) is 9.53 Å². The first kappa shape index (κ1) is 13.3. The Bertz CT molecular complexity index is 525. The molecule has 2 aromatic rings. The standard InChI is InChI=1S/C16H17NO2/c1-12(13-8-4-2-5-9-13)19-16(18)15(17)14-10-6-3-7-11-14/h2-12,15H,17H2,1H3/t12-,15?/m0/s1. The van der Waals surface area contributed by atoms with E-state index in [0.717, 1.165) is 11.1 Å². The Labute approximate surface area is 113 Å². The molecule has 2 aromatic carbocycles. The molecule has 0 aliphatic heterocycles. The molecular weight excluding hydrogens is 238 g/mol. The molecule has 98 valence electrons. The highest BCUT2D eigenvalue weighted by Gasteiger charge is 2.20. The van der Waals surface area contributed by atoms with Crippen LogP contribution in [0.2, 0.25) is 0 Å². The number of hydrogen-bond donors (Lipinski definition) is 1. The third kappa shape index (κ3) is 3.42. The van der Waals surface area contributed by atoms with Crippen LogP contribution in [-0.4, -0.2) is 5.97 Å². The van der Waals surface area contributed by atoms with Crippen molar-refractivity contribution in [1.82, 2.24) is 0 Å². The number of esters is 1. The second-order valence-electron chi connectivity index (χ2n) is 4.38. The van der Waals surface area contributed by atoms with E-state index in [9.17, 15) is 4.79 Å². The van der Waals surface area contributed by atoms with Crippen molar-refractivity contribution in [2.24, 2.45) is 5.73 Å². The molecule has 0 aromatic heterocycles. The van der Waals surface area contributed by atoms with Crippen LogP contribution >= 0.6 is 0 Å². The summed E-state index contributed by atoms with van der Waals surface area (Å²) in [7, 11) is 0. The van der Waals surface area contributed by atoms with Crippen LogP contribution in [0.3, 0.4) is 0 Å². The van der Waals surface area contributed by atoms with Gasteiger partial charge in [0.15, 0.2) is 0 Å². The summed E-state index contributed by atoms with van der Waals surface area (Å²) in [5.41, 5.74) is 7.60. The number of benzene rings is 2. The molecule has 0 saturated carbocycles. The topological polar surface area (TPSA) is 52.3 Å². The molecule has 0 radical (unpaired) electrons. The van der Waals surface area contributed by atoms with Gasteiger partial charge in [0.2, 0.25) is 0 Å². The molecule has 0 aliphatic carbocycles. The Morgan fingerprint density at radius 3 is 1.95 bits per heavy atom. The fourth-order valence-corrected chi connectivity index (χ4v) is 1.84. The summed E-state index contributed by atoms with van der Waals surface area (Å²) >= 11 is 0. The Balaban J connectivity index is 2.02. The molecule has 2 atom stereocenters. The number of carbonyl (C=O) groups is 1. The molecule has 19 heavy (non-hydrogen) atoms. The van der Waals surface area contributed by atoms with Crippen LogP contribution in [0.4, 0.5) is 0 Å². The van der Waals surface area contributed by atoms with Crippen molar-refractivity contribution in [3.63, 3.8) is 0 Å². The smallest absolute Gasteiger partial charge is 0.328 e. The summed E-state index contributed by atoms with van der Waals surface area (Å²) in [6.07, 6.45) is -0.302. The molecule has 0 fully saturated rings. The van der Waals surface area contributed by atoms with Crippen molar-refractivity contribution in [2.45, 2.75) is 19.1 Å². The SMILES string of the molecule is C[C@H](OC(=O)C(N)c1ccccc1)c1ccccc1. The molecule has 1 unspecified atom stereocenters. The summed E-state index contributed by atoms with van der Waals surface area (Å²) < 4.78 is 5.39. The lowest BCUT2D eigenvalue weighted by atomic mass is 10.1. The second-order valence-corrected chi connectivity index (χ2v) is 4.38. The van der Waals surface area contributed by atoms with Crippen LogP contribution in [0.5, 0.6) is 0 Å². The van der Waals surface area contributed by atoms with Crippen molar-refractivity contribution in [3.8, 4) is 0 Å². The fourth-order valence-electron chi connectivity index (χ4n) is 1.84. The molecule has 0 heterocycles. The summed E-state index contributed by atoms with van der Waals surface area (Å²) in [5, 5.41) is 0. The average Bonchev–Trinajstić information content (AvgIpc) is 2.48. The number of ether oxygens (including phenoxy) is 1. The average molecular weight is 255 g/mol. The molecule has 0 amide bonds. The van der Waals surface area contributed by atoms with Crippen molar-refractivity contribution in [2.75, 3.05) is 0 Å². The van der Waals surface area contributed by atoms with E-state index in [2.05, 4.69) is 0 Å². The molecule has 0 aliphatic rings. The zero-order valence-corrected chi connectivity index (χ0v) is 10.8. The van der Waals surface area contributed by atoms with Gasteiger partial charge >= 0.3 is 5.97 Å². The Kier molecular flexibility index (Phi) is 4.31. The van der Waals surface area contributed by atoms with Crippen LogP contribution in [0, 0.1) is 0 Å². The first-order valence-electron chi connectivity index (χ1n) is 6.24. The van der Waals surface area contributed by atoms with Crippen LogP contribution in [0.1, 0.15) is 30.2 Å². The van der Waals surface area contributed by atoms with Crippen molar-refractivity contribution < 1.29 is 9.53 Å². The van der Waals surface area contributed by atoms with Gasteiger partial charge in [-0.2, -0.15) is 0 Å². The van der Waals surface area contributed by atoms with Crippen molar-refractivity contribution >= 4 is 5.97 Å². The highest BCUT2D eigenvalue weighted by Crippen LogP contribution is 2.19. The molecule has 0 spiro atoms. The Morgan fingerprint density at radius 2 is 1.42 bits per heavy atom. The van der Waals surface area contributed by atoms with Gasteiger partial charge in [-0.3, -0.25) is 0 Å². The van der Waals surface area contributed by atoms with Gasteiger partial charge in [-0.1, -0.05) is 60.7 Å². The molecule has 2 rings (SSSR count). The summed E-state index contributed by atoms with van der Waals surface area (Å²) in [6, 6.07) is 18.1. The first-order chi connectivity index (χ1) is 9.18. The minimum absolute atomic E-state index is 0.302. The van der Waals surface area contributed by atoms with Gasteiger partial charge in [-0.15, -0.1) is 0 Å². The van der Waals surface area contributed by atoms with E-state index in [1.54, 1.807) is 0 Å². The van der Waals surface area contributed by atoms with Gasteiger partial charge in [0.05, 0.1) is 0 Å². The summed E-state index contributed by atoms with van der Waals surface area (Å²) in [4.78, 5) is 12.0. The predicted octanol–water partition coefficient (Wildman–Crippen LogP) is 2.99. The maximum absolute atomic E-state index is 12.0. The van der Waals surface area contributed by atoms with E-state index >= 15 is 0 Å².